The van der Waals surface area contributed by atoms with E-state index in [1.807, 2.05) is 0 Å². The maximum Gasteiger partial charge on any atom is 0.260 e. The number of hydrogen-bond donors (Lipinski definition) is 1. The lowest BCUT2D eigenvalue weighted by Gasteiger charge is -2.31. The molecule has 1 heterocycles. The average Bonchev–Trinajstić information content (AvgIpc) is 2.48. The van der Waals surface area contributed by atoms with Crippen molar-refractivity contribution in [2.24, 2.45) is 11.7 Å². The predicted molar refractivity (Wildman–Crippen MR) is 75.3 cm³/mol. The van der Waals surface area contributed by atoms with E-state index in [1.54, 1.807) is 4.90 Å². The van der Waals surface area contributed by atoms with Gasteiger partial charge in [-0.15, -0.1) is 0 Å². The minimum atomic E-state index is -0.505. The molecular weight excluding hydrogens is 283 g/mol. The highest BCUT2D eigenvalue weighted by atomic mass is 35.5. The molecule has 0 atom stereocenters. The van der Waals surface area contributed by atoms with Crippen LogP contribution in [0.3, 0.4) is 0 Å². The maximum atomic E-state index is 13.0. The Morgan fingerprint density at radius 3 is 2.75 bits per heavy atom. The van der Waals surface area contributed by atoms with Gasteiger partial charge < -0.3 is 15.4 Å². The van der Waals surface area contributed by atoms with Gasteiger partial charge in [0.2, 0.25) is 0 Å². The Kier molecular flexibility index (Phi) is 5.20. The summed E-state index contributed by atoms with van der Waals surface area (Å²) in [7, 11) is 0. The number of amides is 1. The van der Waals surface area contributed by atoms with Crippen LogP contribution in [0, 0.1) is 11.7 Å². The van der Waals surface area contributed by atoms with Crippen molar-refractivity contribution in [1.29, 1.82) is 0 Å². The van der Waals surface area contributed by atoms with Gasteiger partial charge in [0.05, 0.1) is 5.02 Å². The summed E-state index contributed by atoms with van der Waals surface area (Å²) in [5, 5.41) is -0.0151. The van der Waals surface area contributed by atoms with Gasteiger partial charge in [-0.25, -0.2) is 4.39 Å². The van der Waals surface area contributed by atoms with Gasteiger partial charge in [-0.3, -0.25) is 4.79 Å². The molecule has 6 heteroatoms. The number of nitrogens with zero attached hydrogens (tertiary/aromatic N) is 1. The highest BCUT2D eigenvalue weighted by Gasteiger charge is 2.22. The van der Waals surface area contributed by atoms with Gasteiger partial charge in [-0.05, 0) is 37.4 Å². The maximum absolute atomic E-state index is 13.0. The van der Waals surface area contributed by atoms with Crippen LogP contribution >= 0.6 is 11.6 Å². The lowest BCUT2D eigenvalue weighted by molar-refractivity contribution is -0.134. The summed E-state index contributed by atoms with van der Waals surface area (Å²) in [6.45, 7) is 2.05. The van der Waals surface area contributed by atoms with Gasteiger partial charge >= 0.3 is 0 Å². The van der Waals surface area contributed by atoms with Gasteiger partial charge in [0.15, 0.2) is 6.61 Å². The number of benzene rings is 1. The van der Waals surface area contributed by atoms with Crippen molar-refractivity contribution in [3.8, 4) is 5.75 Å². The second-order valence-electron chi connectivity index (χ2n) is 4.92. The van der Waals surface area contributed by atoms with E-state index in [4.69, 9.17) is 22.1 Å². The van der Waals surface area contributed by atoms with Gasteiger partial charge in [-0.1, -0.05) is 11.6 Å². The Morgan fingerprint density at radius 1 is 1.45 bits per heavy atom. The van der Waals surface area contributed by atoms with Crippen molar-refractivity contribution in [1.82, 2.24) is 4.90 Å². The number of nitrogens with two attached hydrogens (primary N) is 1. The second-order valence-corrected chi connectivity index (χ2v) is 5.33. The molecule has 1 aliphatic rings. The quantitative estimate of drug-likeness (QED) is 0.926. The molecule has 1 aromatic carbocycles. The number of halogens is 2. The van der Waals surface area contributed by atoms with E-state index in [0.29, 0.717) is 31.3 Å². The van der Waals surface area contributed by atoms with Crippen LogP contribution in [0.1, 0.15) is 12.8 Å². The second kappa shape index (κ2) is 6.90. The van der Waals surface area contributed by atoms with Crippen molar-refractivity contribution in [2.75, 3.05) is 26.2 Å². The van der Waals surface area contributed by atoms with Crippen molar-refractivity contribution in [2.45, 2.75) is 12.8 Å². The minimum Gasteiger partial charge on any atom is -0.484 e. The van der Waals surface area contributed by atoms with E-state index < -0.39 is 5.82 Å². The Hall–Kier alpha value is -1.33. The van der Waals surface area contributed by atoms with E-state index in [0.717, 1.165) is 12.8 Å². The smallest absolute Gasteiger partial charge is 0.260 e. The zero-order valence-corrected chi connectivity index (χ0v) is 11.9. The number of likely N-dealkylation sites (tertiary alicyclic amines) is 1. The number of ether oxygens (including phenoxy) is 1. The molecule has 110 valence electrons. The number of piperidine rings is 1. The fourth-order valence-corrected chi connectivity index (χ4v) is 2.39. The van der Waals surface area contributed by atoms with Crippen molar-refractivity contribution in [3.05, 3.63) is 29.0 Å². The molecule has 0 radical (unpaired) electrons. The standard InChI is InChI=1S/C14H18ClFN2O2/c15-12-7-11(1-2-13(12)16)20-9-14(19)18-5-3-10(8-17)4-6-18/h1-2,7,10H,3-6,8-9,17H2. The van der Waals surface area contributed by atoms with Crippen molar-refractivity contribution in [3.63, 3.8) is 0 Å². The fourth-order valence-electron chi connectivity index (χ4n) is 2.22. The molecule has 1 aliphatic heterocycles. The lowest BCUT2D eigenvalue weighted by Crippen LogP contribution is -2.42. The molecule has 1 aromatic rings. The van der Waals surface area contributed by atoms with E-state index in [9.17, 15) is 9.18 Å². The van der Waals surface area contributed by atoms with E-state index in [2.05, 4.69) is 0 Å². The molecular formula is C14H18ClFN2O2. The summed E-state index contributed by atoms with van der Waals surface area (Å²) in [6.07, 6.45) is 1.87. The predicted octanol–water partition coefficient (Wildman–Crippen LogP) is 2.06. The number of rotatable bonds is 4. The third-order valence-electron chi connectivity index (χ3n) is 3.55. The summed E-state index contributed by atoms with van der Waals surface area (Å²) in [6, 6.07) is 4.04. The molecule has 20 heavy (non-hydrogen) atoms. The van der Waals surface area contributed by atoms with E-state index in [-0.39, 0.29) is 17.5 Å². The fraction of sp³-hybridized carbons (Fsp3) is 0.500. The Labute approximate surface area is 122 Å². The Bertz CT molecular complexity index is 476. The molecule has 2 N–H and O–H groups in total. The monoisotopic (exact) mass is 300 g/mol. The third kappa shape index (κ3) is 3.84. The topological polar surface area (TPSA) is 55.6 Å². The molecule has 0 bridgehead atoms. The SMILES string of the molecule is NCC1CCN(C(=O)COc2ccc(F)c(Cl)c2)CC1. The summed E-state index contributed by atoms with van der Waals surface area (Å²) in [5.74, 6) is 0.326. The van der Waals surface area contributed by atoms with Gasteiger partial charge in [0.25, 0.3) is 5.91 Å². The molecule has 2 rings (SSSR count). The van der Waals surface area contributed by atoms with Crippen LogP contribution in [0.25, 0.3) is 0 Å². The molecule has 1 saturated heterocycles. The van der Waals surface area contributed by atoms with Crippen LogP contribution in [0.15, 0.2) is 18.2 Å². The summed E-state index contributed by atoms with van der Waals surface area (Å²) < 4.78 is 18.3. The molecule has 4 nitrogen and oxygen atoms in total. The molecule has 0 unspecified atom stereocenters. The third-order valence-corrected chi connectivity index (χ3v) is 3.84. The van der Waals surface area contributed by atoms with Crippen LogP contribution in [0.4, 0.5) is 4.39 Å². The highest BCUT2D eigenvalue weighted by Crippen LogP contribution is 2.21. The van der Waals surface area contributed by atoms with Gasteiger partial charge in [0, 0.05) is 19.2 Å². The van der Waals surface area contributed by atoms with Crippen LogP contribution in [-0.4, -0.2) is 37.0 Å². The first kappa shape index (κ1) is 15.1. The Balaban J connectivity index is 1.81. The molecule has 1 fully saturated rings. The van der Waals surface area contributed by atoms with Crippen LogP contribution < -0.4 is 10.5 Å². The van der Waals surface area contributed by atoms with E-state index >= 15 is 0 Å². The molecule has 0 aliphatic carbocycles. The number of carbonyl (C=O) groups excluding carboxylic acids is 1. The summed E-state index contributed by atoms with van der Waals surface area (Å²) in [4.78, 5) is 13.8. The number of carbonyl (C=O) groups is 1. The zero-order valence-electron chi connectivity index (χ0n) is 11.1. The first-order valence-electron chi connectivity index (χ1n) is 6.66. The first-order valence-corrected chi connectivity index (χ1v) is 7.03. The molecule has 0 saturated carbocycles. The normalized spacial score (nSPS) is 16.2. The molecule has 0 aromatic heterocycles. The first-order chi connectivity index (χ1) is 9.60. The zero-order chi connectivity index (χ0) is 14.5. The Morgan fingerprint density at radius 2 is 2.15 bits per heavy atom. The van der Waals surface area contributed by atoms with Gasteiger partial charge in [0.1, 0.15) is 11.6 Å². The summed E-state index contributed by atoms with van der Waals surface area (Å²) in [5.41, 5.74) is 5.61. The van der Waals surface area contributed by atoms with E-state index in [1.165, 1.54) is 18.2 Å². The molecule has 0 spiro atoms. The minimum absolute atomic E-state index is 0.0151. The van der Waals surface area contributed by atoms with Gasteiger partial charge in [-0.2, -0.15) is 0 Å². The highest BCUT2D eigenvalue weighted by molar-refractivity contribution is 6.30. The lowest BCUT2D eigenvalue weighted by atomic mass is 9.97. The summed E-state index contributed by atoms with van der Waals surface area (Å²) >= 11 is 5.65. The van der Waals surface area contributed by atoms with Crippen LogP contribution in [0.5, 0.6) is 5.75 Å². The average molecular weight is 301 g/mol. The number of hydrogen-bond acceptors (Lipinski definition) is 3. The largest absolute Gasteiger partial charge is 0.484 e. The van der Waals surface area contributed by atoms with Crippen molar-refractivity contribution >= 4 is 17.5 Å². The van der Waals surface area contributed by atoms with Crippen LogP contribution in [-0.2, 0) is 4.79 Å². The van der Waals surface area contributed by atoms with Crippen molar-refractivity contribution < 1.29 is 13.9 Å². The molecule has 1 amide bonds. The van der Waals surface area contributed by atoms with Crippen LogP contribution in [0.2, 0.25) is 5.02 Å².